The van der Waals surface area contributed by atoms with Crippen molar-refractivity contribution in [2.75, 3.05) is 26.3 Å². The molecule has 1 aromatic rings. The van der Waals surface area contributed by atoms with Gasteiger partial charge in [0.1, 0.15) is 6.61 Å². The van der Waals surface area contributed by atoms with E-state index in [1.807, 2.05) is 31.2 Å². The van der Waals surface area contributed by atoms with Crippen LogP contribution in [0, 0.1) is 5.92 Å². The molecule has 0 amide bonds. The molecule has 0 spiro atoms. The summed E-state index contributed by atoms with van der Waals surface area (Å²) in [6.07, 6.45) is -2.84. The normalized spacial score (nSPS) is 13.4. The SMILES string of the molecule is CCNCC(CCOCC(F)(F)F)Cc1ccccc1Br. The van der Waals surface area contributed by atoms with Gasteiger partial charge < -0.3 is 10.1 Å². The fourth-order valence-electron chi connectivity index (χ4n) is 2.04. The van der Waals surface area contributed by atoms with Crippen molar-refractivity contribution in [3.63, 3.8) is 0 Å². The predicted molar refractivity (Wildman–Crippen MR) is 81.4 cm³/mol. The molecule has 0 aliphatic heterocycles. The van der Waals surface area contributed by atoms with Gasteiger partial charge in [-0.1, -0.05) is 41.1 Å². The molecule has 1 unspecified atom stereocenters. The maximum atomic E-state index is 12.0. The molecule has 1 rings (SSSR count). The number of benzene rings is 1. The minimum Gasteiger partial charge on any atom is -0.372 e. The summed E-state index contributed by atoms with van der Waals surface area (Å²) in [6.45, 7) is 2.58. The highest BCUT2D eigenvalue weighted by atomic mass is 79.9. The van der Waals surface area contributed by atoms with Gasteiger partial charge in [-0.2, -0.15) is 13.2 Å². The molecular formula is C15H21BrF3NO. The second-order valence-corrected chi connectivity index (χ2v) is 5.78. The Labute approximate surface area is 132 Å². The number of rotatable bonds is 9. The fraction of sp³-hybridized carbons (Fsp3) is 0.600. The van der Waals surface area contributed by atoms with E-state index >= 15 is 0 Å². The van der Waals surface area contributed by atoms with Gasteiger partial charge in [-0.3, -0.25) is 0 Å². The Bertz CT molecular complexity index is 412. The van der Waals surface area contributed by atoms with Crippen molar-refractivity contribution in [2.45, 2.75) is 25.9 Å². The van der Waals surface area contributed by atoms with Gasteiger partial charge in [-0.25, -0.2) is 0 Å². The summed E-state index contributed by atoms with van der Waals surface area (Å²) in [6, 6.07) is 7.91. The first-order valence-corrected chi connectivity index (χ1v) is 7.80. The van der Waals surface area contributed by atoms with Crippen molar-refractivity contribution >= 4 is 15.9 Å². The summed E-state index contributed by atoms with van der Waals surface area (Å²) >= 11 is 3.50. The molecule has 0 aliphatic carbocycles. The van der Waals surface area contributed by atoms with Crippen LogP contribution in [0.15, 0.2) is 28.7 Å². The van der Waals surface area contributed by atoms with Gasteiger partial charge in [0.15, 0.2) is 0 Å². The molecule has 1 aromatic carbocycles. The van der Waals surface area contributed by atoms with Crippen molar-refractivity contribution in [1.29, 1.82) is 0 Å². The number of hydrogen-bond donors (Lipinski definition) is 1. The Hall–Kier alpha value is -0.590. The molecule has 1 atom stereocenters. The Morgan fingerprint density at radius 1 is 1.29 bits per heavy atom. The lowest BCUT2D eigenvalue weighted by molar-refractivity contribution is -0.174. The zero-order valence-corrected chi connectivity index (χ0v) is 13.6. The lowest BCUT2D eigenvalue weighted by Gasteiger charge is -2.18. The van der Waals surface area contributed by atoms with E-state index in [2.05, 4.69) is 21.2 Å². The maximum Gasteiger partial charge on any atom is 0.411 e. The number of halogens is 4. The van der Waals surface area contributed by atoms with E-state index < -0.39 is 12.8 Å². The maximum absolute atomic E-state index is 12.0. The average Bonchev–Trinajstić information content (AvgIpc) is 2.41. The van der Waals surface area contributed by atoms with E-state index in [0.29, 0.717) is 6.42 Å². The zero-order chi connectivity index (χ0) is 15.7. The Morgan fingerprint density at radius 2 is 2.00 bits per heavy atom. The first-order chi connectivity index (χ1) is 9.92. The summed E-state index contributed by atoms with van der Waals surface area (Å²) in [5, 5.41) is 3.25. The first kappa shape index (κ1) is 18.5. The molecule has 0 aromatic heterocycles. The van der Waals surface area contributed by atoms with Crippen LogP contribution in [0.3, 0.4) is 0 Å². The number of nitrogens with one attached hydrogen (secondary N) is 1. The lowest BCUT2D eigenvalue weighted by atomic mass is 9.96. The Kier molecular flexibility index (Phi) is 8.29. The molecule has 0 saturated heterocycles. The Morgan fingerprint density at radius 3 is 2.62 bits per heavy atom. The first-order valence-electron chi connectivity index (χ1n) is 7.01. The number of hydrogen-bond acceptors (Lipinski definition) is 2. The third-order valence-electron chi connectivity index (χ3n) is 3.09. The molecule has 120 valence electrons. The molecule has 0 aliphatic rings. The highest BCUT2D eigenvalue weighted by molar-refractivity contribution is 9.10. The van der Waals surface area contributed by atoms with Crippen LogP contribution >= 0.6 is 15.9 Å². The summed E-state index contributed by atoms with van der Waals surface area (Å²) in [7, 11) is 0. The predicted octanol–water partition coefficient (Wildman–Crippen LogP) is 4.19. The largest absolute Gasteiger partial charge is 0.411 e. The lowest BCUT2D eigenvalue weighted by Crippen LogP contribution is -2.26. The molecule has 2 nitrogen and oxygen atoms in total. The molecule has 1 N–H and O–H groups in total. The molecule has 21 heavy (non-hydrogen) atoms. The van der Waals surface area contributed by atoms with E-state index in [0.717, 1.165) is 29.5 Å². The Balaban J connectivity index is 2.46. The minimum absolute atomic E-state index is 0.125. The van der Waals surface area contributed by atoms with Crippen LogP contribution in [0.5, 0.6) is 0 Å². The molecule has 0 fully saturated rings. The third-order valence-corrected chi connectivity index (χ3v) is 3.86. The molecular weight excluding hydrogens is 347 g/mol. The van der Waals surface area contributed by atoms with Crippen molar-refractivity contribution < 1.29 is 17.9 Å². The molecule has 6 heteroatoms. The fourth-order valence-corrected chi connectivity index (χ4v) is 2.48. The average molecular weight is 368 g/mol. The van der Waals surface area contributed by atoms with Crippen LogP contribution in [0.2, 0.25) is 0 Å². The summed E-state index contributed by atoms with van der Waals surface area (Å²) in [4.78, 5) is 0. The summed E-state index contributed by atoms with van der Waals surface area (Å²) < 4.78 is 41.9. The highest BCUT2D eigenvalue weighted by Crippen LogP contribution is 2.21. The smallest absolute Gasteiger partial charge is 0.372 e. The summed E-state index contributed by atoms with van der Waals surface area (Å²) in [5.41, 5.74) is 1.16. The van der Waals surface area contributed by atoms with Gasteiger partial charge >= 0.3 is 6.18 Å². The van der Waals surface area contributed by atoms with Crippen LogP contribution in [-0.4, -0.2) is 32.5 Å². The molecule has 0 bridgehead atoms. The third kappa shape index (κ3) is 8.44. The molecule has 0 radical (unpaired) electrons. The van der Waals surface area contributed by atoms with Crippen molar-refractivity contribution in [3.05, 3.63) is 34.3 Å². The van der Waals surface area contributed by atoms with Crippen LogP contribution in [0.1, 0.15) is 18.9 Å². The monoisotopic (exact) mass is 367 g/mol. The van der Waals surface area contributed by atoms with Gasteiger partial charge in [0.05, 0.1) is 0 Å². The topological polar surface area (TPSA) is 21.3 Å². The van der Waals surface area contributed by atoms with Gasteiger partial charge in [0.25, 0.3) is 0 Å². The van der Waals surface area contributed by atoms with E-state index in [1.54, 1.807) is 0 Å². The van der Waals surface area contributed by atoms with Gasteiger partial charge in [-0.15, -0.1) is 0 Å². The number of ether oxygens (including phenoxy) is 1. The van der Waals surface area contributed by atoms with Gasteiger partial charge in [0.2, 0.25) is 0 Å². The standard InChI is InChI=1S/C15H21BrF3NO/c1-2-20-10-12(7-8-21-11-15(17,18)19)9-13-5-3-4-6-14(13)16/h3-6,12,20H,2,7-11H2,1H3. The minimum atomic E-state index is -4.25. The van der Waals surface area contributed by atoms with E-state index in [1.165, 1.54) is 0 Å². The summed E-state index contributed by atoms with van der Waals surface area (Å²) in [5.74, 6) is 0.247. The van der Waals surface area contributed by atoms with Crippen LogP contribution < -0.4 is 5.32 Å². The highest BCUT2D eigenvalue weighted by Gasteiger charge is 2.27. The van der Waals surface area contributed by atoms with Crippen molar-refractivity contribution in [2.24, 2.45) is 5.92 Å². The van der Waals surface area contributed by atoms with Crippen molar-refractivity contribution in [3.8, 4) is 0 Å². The molecule has 0 saturated carbocycles. The quantitative estimate of drug-likeness (QED) is 0.660. The van der Waals surface area contributed by atoms with E-state index in [-0.39, 0.29) is 12.5 Å². The number of alkyl halides is 3. The van der Waals surface area contributed by atoms with Gasteiger partial charge in [0, 0.05) is 11.1 Å². The van der Waals surface area contributed by atoms with Gasteiger partial charge in [-0.05, 0) is 43.5 Å². The van der Waals surface area contributed by atoms with Crippen LogP contribution in [-0.2, 0) is 11.2 Å². The molecule has 0 heterocycles. The van der Waals surface area contributed by atoms with E-state index in [9.17, 15) is 13.2 Å². The van der Waals surface area contributed by atoms with E-state index in [4.69, 9.17) is 4.74 Å². The zero-order valence-electron chi connectivity index (χ0n) is 12.0. The van der Waals surface area contributed by atoms with Crippen molar-refractivity contribution in [1.82, 2.24) is 5.32 Å². The second-order valence-electron chi connectivity index (χ2n) is 4.93. The second kappa shape index (κ2) is 9.43. The van der Waals surface area contributed by atoms with Crippen LogP contribution in [0.4, 0.5) is 13.2 Å². The van der Waals surface area contributed by atoms with Crippen LogP contribution in [0.25, 0.3) is 0 Å².